The number of likely N-dealkylation sites (tertiary alicyclic amines) is 1. The van der Waals surface area contributed by atoms with Crippen molar-refractivity contribution in [1.82, 2.24) is 45.9 Å². The average molecular weight is 1210 g/mol. The zero-order valence-electron chi connectivity index (χ0n) is 42.0. The molecule has 0 saturated carbocycles. The molecule has 25 nitrogen and oxygen atoms in total. The number of hydrogen-bond acceptors (Lipinski definition) is 18. The third-order valence-electron chi connectivity index (χ3n) is 12.5. The standard InChI is InChI=1S/C48H69N11O14S.Gd/c1-30(2)25-36(45(69)50-31(3)43(67)54-73)53-46(70)37-5-4-16-59(37)39(60)26-49-44(68)33-9-13-35(14-10-33)52-48(74)51-34-11-6-32(7-12-34)8-15-38(47(71)72)58-23-21-56(28-41(63)64)19-17-55(27-40(61)62)18-20-57(22-24-58)29-42(65)66;/h6-7,9-14,30-31,36-38,73H,4-5,8,15-29H2,1-3H3,(H,49,68)(H,50,69)(H,53,70)(H,54,67)(H,61,62)(H,63,64)(H,65,66)(H,71,72)(H2,51,52,74);/q;+3/p-3/t31-,36+,37-,38?;/m0./s1. The van der Waals surface area contributed by atoms with Gasteiger partial charge in [-0.1, -0.05) is 26.0 Å². The molecule has 2 aliphatic rings. The number of carbonyl (C=O) groups is 9. The van der Waals surface area contributed by atoms with E-state index >= 15 is 0 Å². The predicted octanol–water partition coefficient (Wildman–Crippen LogP) is -4.39. The molecule has 4 rings (SSSR count). The summed E-state index contributed by atoms with van der Waals surface area (Å²) in [5.74, 6) is -8.22. The van der Waals surface area contributed by atoms with E-state index in [4.69, 9.17) is 17.4 Å². The van der Waals surface area contributed by atoms with Crippen LogP contribution in [0.25, 0.3) is 0 Å². The number of carboxylic acids is 4. The molecule has 2 fully saturated rings. The summed E-state index contributed by atoms with van der Waals surface area (Å²) in [5, 5.41) is 67.9. The van der Waals surface area contributed by atoms with Crippen molar-refractivity contribution in [3.05, 3.63) is 59.7 Å². The number of anilines is 2. The van der Waals surface area contributed by atoms with Gasteiger partial charge in [0.2, 0.25) is 17.7 Å². The SMILES string of the molecule is CC(C)C[C@@H](NC(=O)[C@@H]1CCCN1C(=O)CNC(=O)c1ccc(NC(=S)Nc2ccc(CCC(C(=O)O)N3CCN(CC(=O)[O-])CCN(CC(=O)[O-])CCN(CC(=O)[O-])CC3)cc2)cc1)C(=O)N[C@@H](C)C(=O)NO.[Gd+3]. The number of benzene rings is 2. The third-order valence-corrected chi connectivity index (χ3v) is 12.7. The maximum absolute atomic E-state index is 13.4. The van der Waals surface area contributed by atoms with Gasteiger partial charge in [-0.15, -0.1) is 0 Å². The summed E-state index contributed by atoms with van der Waals surface area (Å²) < 4.78 is 0. The minimum Gasteiger partial charge on any atom is -0.549 e. The molecule has 0 spiro atoms. The van der Waals surface area contributed by atoms with E-state index in [-0.39, 0.29) is 128 Å². The van der Waals surface area contributed by atoms with E-state index in [2.05, 4.69) is 26.6 Å². The van der Waals surface area contributed by atoms with Crippen LogP contribution in [-0.2, 0) is 44.8 Å². The third kappa shape index (κ3) is 22.3. The minimum absolute atomic E-state index is 0. The van der Waals surface area contributed by atoms with Gasteiger partial charge >= 0.3 is 45.9 Å². The molecule has 2 aromatic carbocycles. The number of rotatable bonds is 23. The number of nitrogens with zero attached hydrogens (tertiary/aromatic N) is 5. The van der Waals surface area contributed by atoms with Gasteiger partial charge in [0.05, 0.1) is 24.5 Å². The fraction of sp³-hybridized carbons (Fsp3) is 0.542. The fourth-order valence-corrected chi connectivity index (χ4v) is 8.79. The molecule has 1 unspecified atom stereocenters. The molecular formula is C48H66GdN11O14S. The Kier molecular flexibility index (Phi) is 27.3. The van der Waals surface area contributed by atoms with Crippen LogP contribution in [0.15, 0.2) is 48.5 Å². The van der Waals surface area contributed by atoms with Crippen molar-refractivity contribution < 1.29 is 109 Å². The molecule has 5 amide bonds. The van der Waals surface area contributed by atoms with Crippen LogP contribution in [0.5, 0.6) is 0 Å². The van der Waals surface area contributed by atoms with E-state index in [1.807, 2.05) is 13.8 Å². The monoisotopic (exact) mass is 1210 g/mol. The van der Waals surface area contributed by atoms with Crippen molar-refractivity contribution in [1.29, 1.82) is 0 Å². The Labute approximate surface area is 472 Å². The predicted molar refractivity (Wildman–Crippen MR) is 264 cm³/mol. The number of amides is 5. The van der Waals surface area contributed by atoms with E-state index in [1.165, 1.54) is 34.3 Å². The molecular weight excluding hydrogens is 1140 g/mol. The fourth-order valence-electron chi connectivity index (χ4n) is 8.55. The number of carbonyl (C=O) groups excluding carboxylic acids is 8. The molecule has 2 saturated heterocycles. The Hall–Kier alpha value is -5.52. The Morgan fingerprint density at radius 3 is 1.65 bits per heavy atom. The quantitative estimate of drug-likeness (QED) is 0.0296. The van der Waals surface area contributed by atoms with Crippen LogP contribution in [0, 0.1) is 45.9 Å². The minimum atomic E-state index is -1.35. The molecule has 8 N–H and O–H groups in total. The molecule has 0 bridgehead atoms. The topological polar surface area (TPSA) is 352 Å². The summed E-state index contributed by atoms with van der Waals surface area (Å²) in [6.07, 6.45) is 1.61. The number of aliphatic carboxylic acids is 4. The van der Waals surface area contributed by atoms with E-state index in [1.54, 1.807) is 51.1 Å². The van der Waals surface area contributed by atoms with Gasteiger partial charge in [0.1, 0.15) is 24.2 Å². The van der Waals surface area contributed by atoms with Crippen LogP contribution in [0.4, 0.5) is 11.4 Å². The Balaban J connectivity index is 0.0000148. The van der Waals surface area contributed by atoms with Gasteiger partial charge in [-0.3, -0.25) is 53.6 Å². The second-order valence-corrected chi connectivity index (χ2v) is 19.0. The van der Waals surface area contributed by atoms with Gasteiger partial charge in [-0.05, 0) is 99.1 Å². The number of thiocarbonyl (C=S) groups is 1. The van der Waals surface area contributed by atoms with Crippen molar-refractivity contribution in [3.8, 4) is 0 Å². The van der Waals surface area contributed by atoms with E-state index in [0.717, 1.165) is 5.56 Å². The summed E-state index contributed by atoms with van der Waals surface area (Å²) in [6.45, 7) is 4.55. The first kappa shape index (κ1) is 63.8. The van der Waals surface area contributed by atoms with E-state index in [0.29, 0.717) is 30.6 Å². The summed E-state index contributed by atoms with van der Waals surface area (Å²) in [5.41, 5.74) is 3.67. The van der Waals surface area contributed by atoms with Crippen molar-refractivity contribution in [2.45, 2.75) is 77.0 Å². The van der Waals surface area contributed by atoms with Gasteiger partial charge < -0.3 is 66.3 Å². The molecule has 411 valence electrons. The van der Waals surface area contributed by atoms with Crippen LogP contribution in [0.3, 0.4) is 0 Å². The van der Waals surface area contributed by atoms with Crippen LogP contribution in [0.1, 0.15) is 62.4 Å². The van der Waals surface area contributed by atoms with Gasteiger partial charge in [0, 0.05) is 95.5 Å². The Bertz CT molecular complexity index is 2270. The summed E-state index contributed by atoms with van der Waals surface area (Å²) in [7, 11) is 0. The number of aryl methyl sites for hydroxylation is 1. The average Bonchev–Trinajstić information content (AvgIpc) is 3.84. The molecule has 2 aromatic rings. The van der Waals surface area contributed by atoms with Crippen molar-refractivity contribution in [2.24, 2.45) is 5.92 Å². The van der Waals surface area contributed by atoms with Crippen LogP contribution in [-0.4, -0.2) is 203 Å². The van der Waals surface area contributed by atoms with E-state index < -0.39 is 104 Å². The molecule has 2 aliphatic heterocycles. The van der Waals surface area contributed by atoms with Crippen LogP contribution < -0.4 is 47.4 Å². The van der Waals surface area contributed by atoms with Crippen LogP contribution in [0.2, 0.25) is 0 Å². The first-order valence-corrected chi connectivity index (χ1v) is 24.7. The second kappa shape index (κ2) is 32.2. The van der Waals surface area contributed by atoms with E-state index in [9.17, 15) is 63.6 Å². The smallest absolute Gasteiger partial charge is 0.549 e. The molecule has 0 aromatic heterocycles. The second-order valence-electron chi connectivity index (χ2n) is 18.6. The summed E-state index contributed by atoms with van der Waals surface area (Å²) in [4.78, 5) is 119. The molecule has 27 heteroatoms. The maximum atomic E-state index is 13.4. The zero-order chi connectivity index (χ0) is 54.5. The van der Waals surface area contributed by atoms with Gasteiger partial charge in [-0.2, -0.15) is 0 Å². The first-order valence-electron chi connectivity index (χ1n) is 24.2. The normalized spacial score (nSPS) is 17.3. The number of carboxylic acid groups (broad SMARTS) is 4. The van der Waals surface area contributed by atoms with Crippen molar-refractivity contribution in [2.75, 3.05) is 95.7 Å². The summed E-state index contributed by atoms with van der Waals surface area (Å²) >= 11 is 5.50. The van der Waals surface area contributed by atoms with Gasteiger partial charge in [-0.25, -0.2) is 5.48 Å². The van der Waals surface area contributed by atoms with Gasteiger partial charge in [0.25, 0.3) is 11.8 Å². The summed E-state index contributed by atoms with van der Waals surface area (Å²) in [6, 6.07) is 9.41. The number of hydrogen-bond donors (Lipinski definition) is 8. The van der Waals surface area contributed by atoms with Crippen molar-refractivity contribution in [3.63, 3.8) is 0 Å². The molecule has 75 heavy (non-hydrogen) atoms. The Morgan fingerprint density at radius 2 is 1.19 bits per heavy atom. The largest absolute Gasteiger partial charge is 3.00 e. The molecule has 1 radical (unpaired) electrons. The molecule has 4 atom stereocenters. The zero-order valence-corrected chi connectivity index (χ0v) is 45.1. The number of hydroxylamine groups is 1. The number of nitrogens with one attached hydrogen (secondary N) is 6. The first-order chi connectivity index (χ1) is 35.1. The molecule has 2 heterocycles. The molecule has 0 aliphatic carbocycles. The van der Waals surface area contributed by atoms with Crippen LogP contribution >= 0.6 is 12.2 Å². The maximum Gasteiger partial charge on any atom is 3.00 e. The van der Waals surface area contributed by atoms with Crippen molar-refractivity contribution >= 4 is 82.1 Å². The Morgan fingerprint density at radius 1 is 0.693 bits per heavy atom. The van der Waals surface area contributed by atoms with Gasteiger partial charge in [0.15, 0.2) is 5.11 Å².